The van der Waals surface area contributed by atoms with E-state index in [0.29, 0.717) is 23.5 Å². The molecule has 0 amide bonds. The van der Waals surface area contributed by atoms with Crippen molar-refractivity contribution in [1.29, 1.82) is 0 Å². The van der Waals surface area contributed by atoms with Crippen LogP contribution in [0.25, 0.3) is 17.1 Å². The van der Waals surface area contributed by atoms with Crippen molar-refractivity contribution in [2.24, 2.45) is 0 Å². The van der Waals surface area contributed by atoms with Crippen LogP contribution >= 0.6 is 11.6 Å². The van der Waals surface area contributed by atoms with Gasteiger partial charge < -0.3 is 4.52 Å². The molecule has 1 fully saturated rings. The normalized spacial score (nSPS) is 15.2. The van der Waals surface area contributed by atoms with Crippen LogP contribution < -0.4 is 0 Å². The van der Waals surface area contributed by atoms with E-state index in [2.05, 4.69) is 20.3 Å². The molecule has 0 N–H and O–H groups in total. The van der Waals surface area contributed by atoms with Crippen LogP contribution in [0.1, 0.15) is 30.4 Å². The molecule has 1 saturated carbocycles. The molecule has 7 heteroatoms. The summed E-state index contributed by atoms with van der Waals surface area (Å²) in [6, 6.07) is 3.77. The summed E-state index contributed by atoms with van der Waals surface area (Å²) in [7, 11) is 0. The number of pyridine rings is 1. The van der Waals surface area contributed by atoms with Gasteiger partial charge in [0.05, 0.1) is 5.88 Å². The van der Waals surface area contributed by atoms with Crippen molar-refractivity contribution in [2.45, 2.75) is 24.6 Å². The van der Waals surface area contributed by atoms with Gasteiger partial charge in [0.25, 0.3) is 5.89 Å². The van der Waals surface area contributed by atoms with Gasteiger partial charge in [-0.25, -0.2) is 0 Å². The topological polar surface area (TPSA) is 69.1 Å². The third-order valence-electron chi connectivity index (χ3n) is 3.23. The van der Waals surface area contributed by atoms with E-state index in [1.807, 2.05) is 22.7 Å². The average Bonchev–Trinajstić information content (AvgIpc) is 3.04. The zero-order valence-corrected chi connectivity index (χ0v) is 10.7. The second kappa shape index (κ2) is 4.03. The van der Waals surface area contributed by atoms with Crippen LogP contribution in [0.5, 0.6) is 0 Å². The molecule has 0 bridgehead atoms. The van der Waals surface area contributed by atoms with Crippen molar-refractivity contribution < 1.29 is 4.52 Å². The molecule has 0 atom stereocenters. The van der Waals surface area contributed by atoms with Crippen molar-refractivity contribution in [3.63, 3.8) is 0 Å². The maximum absolute atomic E-state index is 5.78. The first-order valence-corrected chi connectivity index (χ1v) is 6.62. The Morgan fingerprint density at radius 3 is 3.05 bits per heavy atom. The molecule has 0 unspecified atom stereocenters. The SMILES string of the molecule is ClCc1nnc2cc(-c3nc(C4CC4)no3)ccn12. The Balaban J connectivity index is 1.77. The van der Waals surface area contributed by atoms with Gasteiger partial charge in [-0.1, -0.05) is 5.16 Å². The largest absolute Gasteiger partial charge is 0.334 e. The van der Waals surface area contributed by atoms with Gasteiger partial charge in [0.2, 0.25) is 0 Å². The molecule has 0 saturated heterocycles. The van der Waals surface area contributed by atoms with Gasteiger partial charge in [0.15, 0.2) is 17.3 Å². The van der Waals surface area contributed by atoms with Gasteiger partial charge in [-0.05, 0) is 25.0 Å². The van der Waals surface area contributed by atoms with Gasteiger partial charge in [-0.15, -0.1) is 21.8 Å². The molecular formula is C12H10ClN5O. The van der Waals surface area contributed by atoms with Gasteiger partial charge >= 0.3 is 0 Å². The van der Waals surface area contributed by atoms with Crippen LogP contribution in [0, 0.1) is 0 Å². The Morgan fingerprint density at radius 2 is 2.26 bits per heavy atom. The molecule has 1 aliphatic carbocycles. The molecule has 3 heterocycles. The van der Waals surface area contributed by atoms with Crippen molar-refractivity contribution in [3.8, 4) is 11.5 Å². The van der Waals surface area contributed by atoms with Crippen LogP contribution in [0.15, 0.2) is 22.9 Å². The summed E-state index contributed by atoms with van der Waals surface area (Å²) in [5.41, 5.74) is 1.57. The second-order valence-corrected chi connectivity index (χ2v) is 4.89. The summed E-state index contributed by atoms with van der Waals surface area (Å²) in [5.74, 6) is 2.86. The lowest BCUT2D eigenvalue weighted by atomic mass is 10.2. The van der Waals surface area contributed by atoms with Crippen LogP contribution in [-0.2, 0) is 5.88 Å². The number of rotatable bonds is 3. The standard InChI is InChI=1S/C12H10ClN5O/c13-6-10-16-15-9-5-8(3-4-18(9)10)12-14-11(17-19-12)7-1-2-7/h3-5,7H,1-2,6H2. The van der Waals surface area contributed by atoms with Crippen LogP contribution in [0.4, 0.5) is 0 Å². The first-order valence-electron chi connectivity index (χ1n) is 6.09. The van der Waals surface area contributed by atoms with E-state index in [-0.39, 0.29) is 0 Å². The van der Waals surface area contributed by atoms with Crippen molar-refractivity contribution in [3.05, 3.63) is 30.0 Å². The van der Waals surface area contributed by atoms with Gasteiger partial charge in [0.1, 0.15) is 0 Å². The van der Waals surface area contributed by atoms with E-state index < -0.39 is 0 Å². The predicted molar refractivity (Wildman–Crippen MR) is 67.8 cm³/mol. The van der Waals surface area contributed by atoms with Gasteiger partial charge in [-0.3, -0.25) is 4.40 Å². The van der Waals surface area contributed by atoms with Gasteiger partial charge in [0, 0.05) is 17.7 Å². The molecule has 0 aromatic carbocycles. The molecular weight excluding hydrogens is 266 g/mol. The molecule has 0 aliphatic heterocycles. The number of alkyl halides is 1. The smallest absolute Gasteiger partial charge is 0.258 e. The number of fused-ring (bicyclic) bond motifs is 1. The van der Waals surface area contributed by atoms with Crippen molar-refractivity contribution in [2.75, 3.05) is 0 Å². The maximum atomic E-state index is 5.78. The maximum Gasteiger partial charge on any atom is 0.258 e. The van der Waals surface area contributed by atoms with Crippen LogP contribution in [0.3, 0.4) is 0 Å². The molecule has 0 radical (unpaired) electrons. The lowest BCUT2D eigenvalue weighted by molar-refractivity contribution is 0.422. The summed E-state index contributed by atoms with van der Waals surface area (Å²) in [5, 5.41) is 12.1. The highest BCUT2D eigenvalue weighted by molar-refractivity contribution is 6.16. The zero-order valence-electron chi connectivity index (χ0n) is 9.95. The number of hydrogen-bond acceptors (Lipinski definition) is 5. The Bertz CT molecular complexity index is 746. The average molecular weight is 276 g/mol. The second-order valence-electron chi connectivity index (χ2n) is 4.63. The van der Waals surface area contributed by atoms with E-state index in [4.69, 9.17) is 16.1 Å². The molecule has 6 nitrogen and oxygen atoms in total. The lowest BCUT2D eigenvalue weighted by Gasteiger charge is -1.97. The van der Waals surface area contributed by atoms with E-state index in [1.54, 1.807) is 0 Å². The minimum absolute atomic E-state index is 0.326. The van der Waals surface area contributed by atoms with Crippen LogP contribution in [-0.4, -0.2) is 24.7 Å². The zero-order chi connectivity index (χ0) is 12.8. The minimum Gasteiger partial charge on any atom is -0.334 e. The fourth-order valence-electron chi connectivity index (χ4n) is 2.02. The van der Waals surface area contributed by atoms with Crippen molar-refractivity contribution in [1.82, 2.24) is 24.7 Å². The van der Waals surface area contributed by atoms with Crippen LogP contribution in [0.2, 0.25) is 0 Å². The Morgan fingerprint density at radius 1 is 1.37 bits per heavy atom. The van der Waals surface area contributed by atoms with E-state index in [1.165, 1.54) is 0 Å². The molecule has 19 heavy (non-hydrogen) atoms. The Labute approximate surface area is 113 Å². The van der Waals surface area contributed by atoms with E-state index >= 15 is 0 Å². The van der Waals surface area contributed by atoms with E-state index in [0.717, 1.165) is 29.9 Å². The summed E-state index contributed by atoms with van der Waals surface area (Å²) >= 11 is 5.78. The molecule has 96 valence electrons. The molecule has 0 spiro atoms. The third kappa shape index (κ3) is 1.79. The summed E-state index contributed by atoms with van der Waals surface area (Å²) in [4.78, 5) is 4.41. The number of aromatic nitrogens is 5. The quantitative estimate of drug-likeness (QED) is 0.687. The highest BCUT2D eigenvalue weighted by atomic mass is 35.5. The summed E-state index contributed by atoms with van der Waals surface area (Å²) < 4.78 is 7.13. The Kier molecular flexibility index (Phi) is 2.32. The first-order chi connectivity index (χ1) is 9.35. The fourth-order valence-corrected chi connectivity index (χ4v) is 2.21. The number of hydrogen-bond donors (Lipinski definition) is 0. The Hall–Kier alpha value is -1.95. The highest BCUT2D eigenvalue weighted by Gasteiger charge is 2.29. The fraction of sp³-hybridized carbons (Fsp3) is 0.333. The van der Waals surface area contributed by atoms with Crippen molar-refractivity contribution >= 4 is 17.2 Å². The summed E-state index contributed by atoms with van der Waals surface area (Å²) in [6.45, 7) is 0. The van der Waals surface area contributed by atoms with E-state index in [9.17, 15) is 0 Å². The molecule has 3 aromatic rings. The molecule has 4 rings (SSSR count). The number of nitrogens with zero attached hydrogens (tertiary/aromatic N) is 5. The monoisotopic (exact) mass is 275 g/mol. The predicted octanol–water partition coefficient (Wildman–Crippen LogP) is 2.40. The first kappa shape index (κ1) is 10.9. The minimum atomic E-state index is 0.326. The lowest BCUT2D eigenvalue weighted by Crippen LogP contribution is -1.91. The highest BCUT2D eigenvalue weighted by Crippen LogP contribution is 2.38. The molecule has 3 aromatic heterocycles. The summed E-state index contributed by atoms with van der Waals surface area (Å²) in [6.07, 6.45) is 4.17. The molecule has 1 aliphatic rings. The van der Waals surface area contributed by atoms with Gasteiger partial charge in [-0.2, -0.15) is 4.98 Å². The number of halogens is 1. The third-order valence-corrected chi connectivity index (χ3v) is 3.47.